The maximum Gasteiger partial charge on any atom is 0.410 e. The molecule has 48 heavy (non-hydrogen) atoms. The molecule has 3 atom stereocenters. The molecule has 0 radical (unpaired) electrons. The van der Waals surface area contributed by atoms with E-state index in [0.717, 1.165) is 70.8 Å². The molecule has 12 heteroatoms. The zero-order valence-electron chi connectivity index (χ0n) is 29.5. The van der Waals surface area contributed by atoms with E-state index in [1.165, 1.54) is 0 Å². The van der Waals surface area contributed by atoms with Gasteiger partial charge in [-0.15, -0.1) is 0 Å². The molecule has 7 rings (SSSR count). The van der Waals surface area contributed by atoms with Crippen LogP contribution in [-0.4, -0.2) is 112 Å². The summed E-state index contributed by atoms with van der Waals surface area (Å²) in [5, 5.41) is 21.6. The van der Waals surface area contributed by atoms with Crippen LogP contribution in [0.1, 0.15) is 104 Å². The summed E-state index contributed by atoms with van der Waals surface area (Å²) in [5.41, 5.74) is -0.0750. The number of piperazine rings is 1. The highest BCUT2D eigenvalue weighted by Gasteiger charge is 2.61. The second-order valence-corrected chi connectivity index (χ2v) is 16.0. The lowest BCUT2D eigenvalue weighted by molar-refractivity contribution is -0.236. The third-order valence-corrected chi connectivity index (χ3v) is 11.7. The number of nitrogens with one attached hydrogen (secondary N) is 1. The van der Waals surface area contributed by atoms with Gasteiger partial charge in [0.15, 0.2) is 5.79 Å². The molecule has 0 unspecified atom stereocenters. The second-order valence-electron chi connectivity index (χ2n) is 16.0. The summed E-state index contributed by atoms with van der Waals surface area (Å²) in [5.74, 6) is -0.141. The van der Waals surface area contributed by atoms with Crippen molar-refractivity contribution in [3.8, 4) is 6.01 Å². The zero-order valence-corrected chi connectivity index (χ0v) is 29.5. The van der Waals surface area contributed by atoms with E-state index in [9.17, 15) is 15.3 Å². The standard InChI is InChI=1S/C36H54N6O6/c1-24(27-11-9-17-40(27)5)47-31-38-26(22-28(39-31)41-18-19-42(34(23-41)15-16-34)32(44)48-33(2,3)4)29(43)25-10-8-13-35(30(25)37)12-6-7-14-36(35)45-20-21-46-36/h22,24,27,37,43H,6-21,23H2,1-5H3/b29-25-,37-30?/t24-,27-,35-/m0/s1. The number of carbonyl (C=O) groups is 1. The summed E-state index contributed by atoms with van der Waals surface area (Å²) in [6.45, 7) is 11.5. The van der Waals surface area contributed by atoms with E-state index >= 15 is 0 Å². The van der Waals surface area contributed by atoms with Gasteiger partial charge >= 0.3 is 12.1 Å². The number of hydrogen-bond donors (Lipinski definition) is 2. The molecular weight excluding hydrogens is 612 g/mol. The molecule has 2 N–H and O–H groups in total. The summed E-state index contributed by atoms with van der Waals surface area (Å²) in [6, 6.07) is 2.30. The molecule has 1 aromatic rings. The van der Waals surface area contributed by atoms with Crippen LogP contribution in [-0.2, 0) is 14.2 Å². The molecule has 1 aromatic heterocycles. The normalized spacial score (nSPS) is 30.3. The lowest BCUT2D eigenvalue weighted by atomic mass is 9.59. The number of ether oxygens (including phenoxy) is 4. The lowest BCUT2D eigenvalue weighted by Crippen LogP contribution is -2.58. The molecule has 1 amide bonds. The van der Waals surface area contributed by atoms with Crippen LogP contribution in [0.3, 0.4) is 0 Å². The van der Waals surface area contributed by atoms with E-state index in [1.54, 1.807) is 0 Å². The van der Waals surface area contributed by atoms with Crippen molar-refractivity contribution in [2.45, 2.75) is 127 Å². The average molecular weight is 667 g/mol. The number of rotatable bonds is 5. The smallest absolute Gasteiger partial charge is 0.410 e. The van der Waals surface area contributed by atoms with Gasteiger partial charge in [0.05, 0.1) is 24.2 Å². The fraction of sp³-hybridized carbons (Fsp3) is 0.778. The van der Waals surface area contributed by atoms with Crippen LogP contribution >= 0.6 is 0 Å². The Bertz CT molecular complexity index is 1440. The Kier molecular flexibility index (Phi) is 8.68. The summed E-state index contributed by atoms with van der Waals surface area (Å²) in [4.78, 5) is 29.3. The predicted molar refractivity (Wildman–Crippen MR) is 182 cm³/mol. The number of allylic oxidation sites excluding steroid dienone is 1. The van der Waals surface area contributed by atoms with Crippen LogP contribution in [0.25, 0.3) is 5.76 Å². The molecule has 3 saturated heterocycles. The maximum atomic E-state index is 13.2. The van der Waals surface area contributed by atoms with E-state index < -0.39 is 16.8 Å². The summed E-state index contributed by atoms with van der Waals surface area (Å²) in [7, 11) is 2.12. The van der Waals surface area contributed by atoms with Crippen molar-refractivity contribution >= 4 is 23.4 Å². The Labute approximate surface area is 284 Å². The first-order valence-electron chi connectivity index (χ1n) is 18.2. The van der Waals surface area contributed by atoms with Crippen molar-refractivity contribution in [2.24, 2.45) is 5.41 Å². The molecule has 264 valence electrons. The topological polar surface area (TPSA) is 134 Å². The molecule has 3 aliphatic carbocycles. The number of hydrogen-bond acceptors (Lipinski definition) is 11. The van der Waals surface area contributed by atoms with Crippen LogP contribution < -0.4 is 9.64 Å². The van der Waals surface area contributed by atoms with Crippen molar-refractivity contribution in [3.63, 3.8) is 0 Å². The Balaban J connectivity index is 1.22. The highest BCUT2D eigenvalue weighted by Crippen LogP contribution is 2.57. The van der Waals surface area contributed by atoms with Gasteiger partial charge in [0.1, 0.15) is 29.0 Å². The number of aromatic nitrogens is 2. The van der Waals surface area contributed by atoms with Crippen molar-refractivity contribution < 1.29 is 28.8 Å². The van der Waals surface area contributed by atoms with Crippen molar-refractivity contribution in [3.05, 3.63) is 17.3 Å². The molecule has 3 saturated carbocycles. The summed E-state index contributed by atoms with van der Waals surface area (Å²) < 4.78 is 24.9. The first kappa shape index (κ1) is 33.5. The summed E-state index contributed by atoms with van der Waals surface area (Å²) >= 11 is 0. The number of likely N-dealkylation sites (tertiary alicyclic amines) is 1. The third kappa shape index (κ3) is 5.95. The van der Waals surface area contributed by atoms with Crippen molar-refractivity contribution in [1.82, 2.24) is 19.8 Å². The number of likely N-dealkylation sites (N-methyl/N-ethyl adjacent to an activating group) is 1. The van der Waals surface area contributed by atoms with E-state index in [2.05, 4.69) is 23.8 Å². The van der Waals surface area contributed by atoms with Gasteiger partial charge in [-0.2, -0.15) is 9.97 Å². The fourth-order valence-corrected chi connectivity index (χ4v) is 9.09. The van der Waals surface area contributed by atoms with E-state index in [1.807, 2.05) is 31.7 Å². The zero-order chi connectivity index (χ0) is 33.9. The van der Waals surface area contributed by atoms with Gasteiger partial charge in [-0.3, -0.25) is 9.80 Å². The first-order valence-corrected chi connectivity index (χ1v) is 18.2. The molecule has 6 aliphatic rings. The van der Waals surface area contributed by atoms with Gasteiger partial charge in [0, 0.05) is 49.4 Å². The van der Waals surface area contributed by atoms with Gasteiger partial charge in [-0.1, -0.05) is 6.42 Å². The molecular formula is C36H54N6O6. The van der Waals surface area contributed by atoms with Crippen LogP contribution in [0.15, 0.2) is 11.6 Å². The van der Waals surface area contributed by atoms with E-state index in [0.29, 0.717) is 62.1 Å². The molecule has 3 aliphatic heterocycles. The number of nitrogens with zero attached hydrogens (tertiary/aromatic N) is 5. The highest BCUT2D eigenvalue weighted by atomic mass is 16.7. The van der Waals surface area contributed by atoms with E-state index in [4.69, 9.17) is 28.9 Å². The Morgan fingerprint density at radius 2 is 1.77 bits per heavy atom. The van der Waals surface area contributed by atoms with Crippen LogP contribution in [0.4, 0.5) is 10.6 Å². The number of fused-ring (bicyclic) bond motifs is 1. The van der Waals surface area contributed by atoms with Crippen molar-refractivity contribution in [1.29, 1.82) is 5.41 Å². The first-order chi connectivity index (χ1) is 22.9. The van der Waals surface area contributed by atoms with Crippen LogP contribution in [0, 0.1) is 10.8 Å². The maximum absolute atomic E-state index is 13.2. The molecule has 12 nitrogen and oxygen atoms in total. The molecule has 3 spiro atoms. The second kappa shape index (κ2) is 12.4. The average Bonchev–Trinajstić information content (AvgIpc) is 3.40. The number of anilines is 1. The Morgan fingerprint density at radius 3 is 2.46 bits per heavy atom. The highest BCUT2D eigenvalue weighted by molar-refractivity contribution is 6.08. The monoisotopic (exact) mass is 666 g/mol. The SMILES string of the molecule is C[C@H](Oc1nc(/C(O)=C2\CCC[C@@]3(CCCCC34OCCO4)C2=N)cc(N2CCN(C(=O)OC(C)(C)C)C3(CC3)C2)n1)[C@@H]1CCCN1C. The molecule has 6 fully saturated rings. The Hall–Kier alpha value is -2.96. The molecule has 0 aromatic carbocycles. The number of amides is 1. The lowest BCUT2D eigenvalue weighted by Gasteiger charge is -2.52. The molecule has 0 bridgehead atoms. The van der Waals surface area contributed by atoms with Gasteiger partial charge in [-0.05, 0) is 99.1 Å². The Morgan fingerprint density at radius 1 is 1.04 bits per heavy atom. The van der Waals surface area contributed by atoms with Crippen LogP contribution in [0.5, 0.6) is 6.01 Å². The van der Waals surface area contributed by atoms with E-state index in [-0.39, 0.29) is 35.5 Å². The third-order valence-electron chi connectivity index (χ3n) is 11.7. The quantitative estimate of drug-likeness (QED) is 0.377. The largest absolute Gasteiger partial charge is 0.505 e. The number of aliphatic hydroxyl groups excluding tert-OH is 1. The minimum Gasteiger partial charge on any atom is -0.505 e. The summed E-state index contributed by atoms with van der Waals surface area (Å²) in [6.07, 6.45) is 9.35. The fourth-order valence-electron chi connectivity index (χ4n) is 9.09. The number of carbonyl (C=O) groups excluding carboxylic acids is 1. The van der Waals surface area contributed by atoms with Crippen LogP contribution in [0.2, 0.25) is 0 Å². The van der Waals surface area contributed by atoms with Gasteiger partial charge in [0.25, 0.3) is 0 Å². The van der Waals surface area contributed by atoms with Gasteiger partial charge in [-0.25, -0.2) is 4.79 Å². The number of aliphatic hydroxyl groups is 1. The molecule has 4 heterocycles. The minimum absolute atomic E-state index is 0.00505. The van der Waals surface area contributed by atoms with Gasteiger partial charge in [0.2, 0.25) is 0 Å². The predicted octanol–water partition coefficient (Wildman–Crippen LogP) is 5.70. The van der Waals surface area contributed by atoms with Crippen molar-refractivity contribution in [2.75, 3.05) is 51.3 Å². The van der Waals surface area contributed by atoms with Gasteiger partial charge < -0.3 is 34.4 Å². The minimum atomic E-state index is -0.797.